The number of hydrogen-bond acceptors (Lipinski definition) is 4. The molecular formula is C14H15N3O3S. The smallest absolute Gasteiger partial charge is 0.244 e. The molecular weight excluding hydrogens is 290 g/mol. The van der Waals surface area contributed by atoms with E-state index in [1.807, 2.05) is 6.07 Å². The van der Waals surface area contributed by atoms with Gasteiger partial charge in [-0.15, -0.1) is 0 Å². The number of nitriles is 1. The molecule has 0 bridgehead atoms. The van der Waals surface area contributed by atoms with Crippen LogP contribution in [0.25, 0.3) is 0 Å². The van der Waals surface area contributed by atoms with E-state index in [1.165, 1.54) is 16.4 Å². The van der Waals surface area contributed by atoms with Gasteiger partial charge in [0.05, 0.1) is 22.4 Å². The summed E-state index contributed by atoms with van der Waals surface area (Å²) < 4.78 is 27.1. The topological polar surface area (TPSA) is 90.3 Å². The van der Waals surface area contributed by atoms with Crippen LogP contribution < -0.4 is 5.32 Å². The first kappa shape index (κ1) is 14.0. The number of hydrogen-bond donors (Lipinski definition) is 1. The normalized spacial score (nSPS) is 26.0. The number of rotatable bonds is 2. The van der Waals surface area contributed by atoms with Crippen molar-refractivity contribution in [3.05, 3.63) is 29.8 Å². The Morgan fingerprint density at radius 2 is 2.10 bits per heavy atom. The van der Waals surface area contributed by atoms with E-state index in [1.54, 1.807) is 12.1 Å². The number of fused-ring (bicyclic) bond motifs is 1. The molecule has 0 aliphatic carbocycles. The van der Waals surface area contributed by atoms with Gasteiger partial charge in [0.1, 0.15) is 6.07 Å². The average molecular weight is 305 g/mol. The number of benzene rings is 1. The number of sulfonamides is 1. The summed E-state index contributed by atoms with van der Waals surface area (Å²) in [5.74, 6) is -0.351. The highest BCUT2D eigenvalue weighted by atomic mass is 32.2. The number of carbonyl (C=O) groups excluding carboxylic acids is 1. The van der Waals surface area contributed by atoms with Gasteiger partial charge in [0.2, 0.25) is 15.9 Å². The number of carbonyl (C=O) groups is 1. The minimum atomic E-state index is -3.76. The summed E-state index contributed by atoms with van der Waals surface area (Å²) in [6.45, 7) is 0.732. The molecule has 21 heavy (non-hydrogen) atoms. The lowest BCUT2D eigenvalue weighted by Gasteiger charge is -2.34. The Morgan fingerprint density at radius 3 is 2.86 bits per heavy atom. The monoisotopic (exact) mass is 305 g/mol. The van der Waals surface area contributed by atoms with Crippen molar-refractivity contribution >= 4 is 15.9 Å². The van der Waals surface area contributed by atoms with E-state index in [4.69, 9.17) is 5.26 Å². The van der Waals surface area contributed by atoms with Crippen molar-refractivity contribution in [2.24, 2.45) is 5.92 Å². The first-order valence-electron chi connectivity index (χ1n) is 6.84. The minimum absolute atomic E-state index is 0.0208. The first-order chi connectivity index (χ1) is 10.1. The fourth-order valence-corrected chi connectivity index (χ4v) is 4.96. The van der Waals surface area contributed by atoms with Gasteiger partial charge in [-0.25, -0.2) is 8.42 Å². The van der Waals surface area contributed by atoms with Gasteiger partial charge in [0.15, 0.2) is 0 Å². The highest BCUT2D eigenvalue weighted by Gasteiger charge is 2.45. The van der Waals surface area contributed by atoms with Crippen molar-refractivity contribution < 1.29 is 13.2 Å². The van der Waals surface area contributed by atoms with Gasteiger partial charge in [0.25, 0.3) is 0 Å². The standard InChI is InChI=1S/C14H15N3O3S/c15-8-10-4-1-2-6-13(10)21(19,20)17-7-3-5-11-12(17)9-16-14(11)18/h1-2,4,6,11-12H,3,5,7,9H2,(H,16,18). The molecule has 0 spiro atoms. The molecule has 1 amide bonds. The van der Waals surface area contributed by atoms with Crippen molar-refractivity contribution in [1.29, 1.82) is 5.26 Å². The van der Waals surface area contributed by atoms with E-state index < -0.39 is 10.0 Å². The van der Waals surface area contributed by atoms with Crippen molar-refractivity contribution in [2.45, 2.75) is 23.8 Å². The van der Waals surface area contributed by atoms with Crippen molar-refractivity contribution in [3.8, 4) is 6.07 Å². The molecule has 6 nitrogen and oxygen atoms in total. The molecule has 0 saturated carbocycles. The molecule has 2 heterocycles. The van der Waals surface area contributed by atoms with Crippen LogP contribution >= 0.6 is 0 Å². The first-order valence-corrected chi connectivity index (χ1v) is 8.28. The molecule has 2 unspecified atom stereocenters. The second kappa shape index (κ2) is 5.13. The Balaban J connectivity index is 2.02. The third-order valence-electron chi connectivity index (χ3n) is 4.14. The second-order valence-electron chi connectivity index (χ2n) is 5.28. The lowest BCUT2D eigenvalue weighted by molar-refractivity contribution is -0.123. The van der Waals surface area contributed by atoms with Crippen LogP contribution in [0.1, 0.15) is 18.4 Å². The lowest BCUT2D eigenvalue weighted by atomic mass is 9.93. The molecule has 2 fully saturated rings. The van der Waals surface area contributed by atoms with Crippen molar-refractivity contribution in [1.82, 2.24) is 9.62 Å². The Morgan fingerprint density at radius 1 is 1.33 bits per heavy atom. The van der Waals surface area contributed by atoms with Gasteiger partial charge in [-0.05, 0) is 25.0 Å². The summed E-state index contributed by atoms with van der Waals surface area (Å²) in [7, 11) is -3.76. The van der Waals surface area contributed by atoms with E-state index in [-0.39, 0.29) is 28.3 Å². The molecule has 110 valence electrons. The number of piperidine rings is 1. The SMILES string of the molecule is N#Cc1ccccc1S(=O)(=O)N1CCCC2C(=O)NCC21. The predicted molar refractivity (Wildman–Crippen MR) is 74.6 cm³/mol. The Kier molecular flexibility index (Phi) is 3.43. The molecule has 2 atom stereocenters. The lowest BCUT2D eigenvalue weighted by Crippen LogP contribution is -2.48. The zero-order valence-electron chi connectivity index (χ0n) is 11.3. The Bertz CT molecular complexity index is 723. The van der Waals surface area contributed by atoms with Crippen molar-refractivity contribution in [2.75, 3.05) is 13.1 Å². The van der Waals surface area contributed by atoms with Gasteiger partial charge < -0.3 is 5.32 Å². The van der Waals surface area contributed by atoms with Gasteiger partial charge >= 0.3 is 0 Å². The number of nitrogens with zero attached hydrogens (tertiary/aromatic N) is 2. The largest absolute Gasteiger partial charge is 0.354 e. The quantitative estimate of drug-likeness (QED) is 0.859. The van der Waals surface area contributed by atoms with Crippen LogP contribution in [0.2, 0.25) is 0 Å². The summed E-state index contributed by atoms with van der Waals surface area (Å²) in [6.07, 6.45) is 1.37. The summed E-state index contributed by atoms with van der Waals surface area (Å²) in [6, 6.07) is 7.76. The van der Waals surface area contributed by atoms with Crippen LogP contribution in [0.4, 0.5) is 0 Å². The van der Waals surface area contributed by atoms with Crippen LogP contribution in [0.15, 0.2) is 29.2 Å². The van der Waals surface area contributed by atoms with E-state index in [0.29, 0.717) is 25.9 Å². The maximum Gasteiger partial charge on any atom is 0.244 e. The van der Waals surface area contributed by atoms with Crippen LogP contribution in [0.3, 0.4) is 0 Å². The average Bonchev–Trinajstić information content (AvgIpc) is 2.88. The fourth-order valence-electron chi connectivity index (χ4n) is 3.12. The molecule has 3 rings (SSSR count). The van der Waals surface area contributed by atoms with E-state index in [0.717, 1.165) is 0 Å². The number of amides is 1. The fraction of sp³-hybridized carbons (Fsp3) is 0.429. The molecule has 7 heteroatoms. The van der Waals surface area contributed by atoms with Crippen LogP contribution in [0, 0.1) is 17.2 Å². The van der Waals surface area contributed by atoms with E-state index in [9.17, 15) is 13.2 Å². The summed E-state index contributed by atoms with van der Waals surface area (Å²) >= 11 is 0. The molecule has 1 N–H and O–H groups in total. The number of nitrogens with one attached hydrogen (secondary N) is 1. The Hall–Kier alpha value is -1.91. The van der Waals surface area contributed by atoms with E-state index in [2.05, 4.69) is 5.32 Å². The van der Waals surface area contributed by atoms with Crippen LogP contribution in [-0.4, -0.2) is 37.8 Å². The molecule has 0 radical (unpaired) electrons. The second-order valence-corrected chi connectivity index (χ2v) is 7.14. The maximum absolute atomic E-state index is 12.9. The highest BCUT2D eigenvalue weighted by Crippen LogP contribution is 2.32. The molecule has 1 aromatic rings. The summed E-state index contributed by atoms with van der Waals surface area (Å²) in [5, 5.41) is 11.8. The summed E-state index contributed by atoms with van der Waals surface area (Å²) in [5.41, 5.74) is 0.136. The van der Waals surface area contributed by atoms with Crippen LogP contribution in [0.5, 0.6) is 0 Å². The van der Waals surface area contributed by atoms with Gasteiger partial charge in [-0.2, -0.15) is 9.57 Å². The minimum Gasteiger partial charge on any atom is -0.354 e. The van der Waals surface area contributed by atoms with Crippen LogP contribution in [-0.2, 0) is 14.8 Å². The van der Waals surface area contributed by atoms with Crippen molar-refractivity contribution in [3.63, 3.8) is 0 Å². The molecule has 2 aliphatic rings. The molecule has 0 aromatic heterocycles. The van der Waals surface area contributed by atoms with Gasteiger partial charge in [-0.3, -0.25) is 4.79 Å². The van der Waals surface area contributed by atoms with Gasteiger partial charge in [-0.1, -0.05) is 12.1 Å². The zero-order chi connectivity index (χ0) is 15.0. The third kappa shape index (κ3) is 2.20. The zero-order valence-corrected chi connectivity index (χ0v) is 12.1. The predicted octanol–water partition coefficient (Wildman–Crippen LogP) is 0.457. The third-order valence-corrected chi connectivity index (χ3v) is 6.13. The Labute approximate surface area is 123 Å². The highest BCUT2D eigenvalue weighted by molar-refractivity contribution is 7.89. The van der Waals surface area contributed by atoms with E-state index >= 15 is 0 Å². The van der Waals surface area contributed by atoms with Gasteiger partial charge in [0, 0.05) is 13.1 Å². The molecule has 1 aromatic carbocycles. The molecule has 2 saturated heterocycles. The maximum atomic E-state index is 12.9. The molecule has 2 aliphatic heterocycles. The summed E-state index contributed by atoms with van der Waals surface area (Å²) in [4.78, 5) is 11.8.